The molecular weight excluding hydrogens is 266 g/mol. The number of aromatic nitrogens is 2. The molecule has 1 fully saturated rings. The van der Waals surface area contributed by atoms with E-state index in [1.807, 2.05) is 19.1 Å². The average molecular weight is 281 g/mol. The van der Waals surface area contributed by atoms with Gasteiger partial charge in [0, 0.05) is 6.04 Å². The Balaban J connectivity index is 1.89. The molecule has 1 aliphatic rings. The maximum Gasteiger partial charge on any atom is 0.260 e. The minimum atomic E-state index is -3.53. The monoisotopic (exact) mass is 281 g/mol. The molecule has 0 saturated heterocycles. The third kappa shape index (κ3) is 2.43. The van der Waals surface area contributed by atoms with Crippen molar-refractivity contribution in [2.75, 3.05) is 0 Å². The highest BCUT2D eigenvalue weighted by atomic mass is 32.2. The van der Waals surface area contributed by atoms with E-state index < -0.39 is 10.0 Å². The van der Waals surface area contributed by atoms with Crippen molar-refractivity contribution in [2.24, 2.45) is 0 Å². The molecule has 0 spiro atoms. The molecular formula is C12H15N3O3S. The lowest BCUT2D eigenvalue weighted by molar-refractivity contribution is 0.350. The van der Waals surface area contributed by atoms with Gasteiger partial charge in [0.05, 0.1) is 12.7 Å². The number of H-pyrrole nitrogens is 1. The van der Waals surface area contributed by atoms with E-state index in [1.54, 1.807) is 0 Å². The molecule has 0 atom stereocenters. The number of aromatic amines is 1. The molecule has 0 aliphatic heterocycles. The van der Waals surface area contributed by atoms with Crippen molar-refractivity contribution in [1.29, 1.82) is 0 Å². The summed E-state index contributed by atoms with van der Waals surface area (Å²) in [6, 6.07) is 5.19. The van der Waals surface area contributed by atoms with E-state index in [1.165, 1.54) is 16.6 Å². The van der Waals surface area contributed by atoms with Gasteiger partial charge in [-0.2, -0.15) is 9.40 Å². The van der Waals surface area contributed by atoms with Gasteiger partial charge in [0.2, 0.25) is 0 Å². The fraction of sp³-hybridized carbons (Fsp3) is 0.417. The maximum atomic E-state index is 12.5. The van der Waals surface area contributed by atoms with Gasteiger partial charge in [0.1, 0.15) is 11.5 Å². The Hall–Kier alpha value is -1.60. The summed E-state index contributed by atoms with van der Waals surface area (Å²) < 4.78 is 32.0. The molecule has 2 aromatic rings. The van der Waals surface area contributed by atoms with Crippen LogP contribution in [0.25, 0.3) is 0 Å². The van der Waals surface area contributed by atoms with Crippen molar-refractivity contribution in [3.05, 3.63) is 35.9 Å². The Kier molecular flexibility index (Phi) is 2.94. The van der Waals surface area contributed by atoms with Gasteiger partial charge in [-0.1, -0.05) is 0 Å². The van der Waals surface area contributed by atoms with Crippen LogP contribution in [0, 0.1) is 6.92 Å². The lowest BCUT2D eigenvalue weighted by Crippen LogP contribution is -2.32. The van der Waals surface area contributed by atoms with Crippen LogP contribution in [0.1, 0.15) is 24.4 Å². The summed E-state index contributed by atoms with van der Waals surface area (Å²) in [7, 11) is -3.53. The summed E-state index contributed by atoms with van der Waals surface area (Å²) in [5.74, 6) is 1.44. The van der Waals surface area contributed by atoms with Gasteiger partial charge in [0.15, 0.2) is 5.03 Å². The van der Waals surface area contributed by atoms with Crippen LogP contribution in [0.4, 0.5) is 0 Å². The van der Waals surface area contributed by atoms with Crippen LogP contribution in [0.5, 0.6) is 0 Å². The molecule has 6 nitrogen and oxygen atoms in total. The van der Waals surface area contributed by atoms with E-state index in [2.05, 4.69) is 10.2 Å². The fourth-order valence-corrected chi connectivity index (χ4v) is 3.56. The van der Waals surface area contributed by atoms with Crippen LogP contribution < -0.4 is 0 Å². The number of hydrogen-bond acceptors (Lipinski definition) is 4. The normalized spacial score (nSPS) is 16.1. The number of rotatable bonds is 5. The highest BCUT2D eigenvalue weighted by Crippen LogP contribution is 2.33. The molecule has 19 heavy (non-hydrogen) atoms. The van der Waals surface area contributed by atoms with Gasteiger partial charge >= 0.3 is 0 Å². The number of sulfonamides is 1. The zero-order chi connectivity index (χ0) is 13.5. The smallest absolute Gasteiger partial charge is 0.260 e. The average Bonchev–Trinajstić information content (AvgIpc) is 2.89. The summed E-state index contributed by atoms with van der Waals surface area (Å²) in [6.45, 7) is 2.11. The standard InChI is InChI=1S/C12H15N3O3S/c1-9-2-5-11(18-9)8-15(10-3-4-10)19(16,17)12-6-7-13-14-12/h2,5-7,10H,3-4,8H2,1H3,(H,13,14). The van der Waals surface area contributed by atoms with E-state index in [-0.39, 0.29) is 17.6 Å². The summed E-state index contributed by atoms with van der Waals surface area (Å²) in [6.07, 6.45) is 3.23. The molecule has 0 amide bonds. The molecule has 0 radical (unpaired) electrons. The second kappa shape index (κ2) is 4.50. The van der Waals surface area contributed by atoms with Gasteiger partial charge in [-0.15, -0.1) is 0 Å². The Morgan fingerprint density at radius 1 is 1.42 bits per heavy atom. The summed E-state index contributed by atoms with van der Waals surface area (Å²) in [4.78, 5) is 0. The topological polar surface area (TPSA) is 79.2 Å². The molecule has 0 bridgehead atoms. The van der Waals surface area contributed by atoms with Crippen molar-refractivity contribution in [3.8, 4) is 0 Å². The highest BCUT2D eigenvalue weighted by Gasteiger charge is 2.39. The van der Waals surface area contributed by atoms with Crippen LogP contribution in [-0.2, 0) is 16.6 Å². The zero-order valence-corrected chi connectivity index (χ0v) is 11.4. The molecule has 102 valence electrons. The van der Waals surface area contributed by atoms with Crippen LogP contribution in [-0.4, -0.2) is 29.0 Å². The first kappa shape index (κ1) is 12.4. The lowest BCUT2D eigenvalue weighted by Gasteiger charge is -2.19. The molecule has 2 heterocycles. The van der Waals surface area contributed by atoms with Crippen molar-refractivity contribution in [3.63, 3.8) is 0 Å². The summed E-state index contributed by atoms with van der Waals surface area (Å²) >= 11 is 0. The van der Waals surface area contributed by atoms with Crippen LogP contribution in [0.2, 0.25) is 0 Å². The molecule has 3 rings (SSSR count). The molecule has 1 saturated carbocycles. The minimum absolute atomic E-state index is 0.0682. The Morgan fingerprint density at radius 2 is 2.21 bits per heavy atom. The lowest BCUT2D eigenvalue weighted by atomic mass is 10.4. The Morgan fingerprint density at radius 3 is 2.74 bits per heavy atom. The van der Waals surface area contributed by atoms with Crippen LogP contribution in [0.3, 0.4) is 0 Å². The van der Waals surface area contributed by atoms with Crippen molar-refractivity contribution >= 4 is 10.0 Å². The SMILES string of the molecule is Cc1ccc(CN(C2CC2)S(=O)(=O)c2ccn[nH]2)o1. The quantitative estimate of drug-likeness (QED) is 0.904. The number of aryl methyl sites for hydroxylation is 1. The van der Waals surface area contributed by atoms with Crippen LogP contribution in [0.15, 0.2) is 33.8 Å². The summed E-state index contributed by atoms with van der Waals surface area (Å²) in [5, 5.41) is 6.36. The van der Waals surface area contributed by atoms with Gasteiger partial charge in [0.25, 0.3) is 10.0 Å². The molecule has 7 heteroatoms. The third-order valence-corrected chi connectivity index (χ3v) is 4.95. The van der Waals surface area contributed by atoms with E-state index in [0.717, 1.165) is 18.6 Å². The highest BCUT2D eigenvalue weighted by molar-refractivity contribution is 7.89. The molecule has 0 aromatic carbocycles. The Labute approximate surface area is 111 Å². The van der Waals surface area contributed by atoms with E-state index in [0.29, 0.717) is 5.76 Å². The first-order chi connectivity index (χ1) is 9.07. The van der Waals surface area contributed by atoms with Gasteiger partial charge in [-0.25, -0.2) is 8.42 Å². The molecule has 2 aromatic heterocycles. The molecule has 1 aliphatic carbocycles. The second-order valence-corrected chi connectivity index (χ2v) is 6.57. The third-order valence-electron chi connectivity index (χ3n) is 3.12. The number of furan rings is 1. The fourth-order valence-electron chi connectivity index (χ4n) is 2.01. The van der Waals surface area contributed by atoms with E-state index >= 15 is 0 Å². The first-order valence-electron chi connectivity index (χ1n) is 6.14. The van der Waals surface area contributed by atoms with E-state index in [9.17, 15) is 8.42 Å². The van der Waals surface area contributed by atoms with Gasteiger partial charge in [-0.3, -0.25) is 5.10 Å². The van der Waals surface area contributed by atoms with Crippen molar-refractivity contribution in [1.82, 2.24) is 14.5 Å². The van der Waals surface area contributed by atoms with Crippen LogP contribution >= 0.6 is 0 Å². The molecule has 0 unspecified atom stereocenters. The maximum absolute atomic E-state index is 12.5. The minimum Gasteiger partial charge on any atom is -0.465 e. The predicted octanol–water partition coefficient (Wildman–Crippen LogP) is 1.66. The first-order valence-corrected chi connectivity index (χ1v) is 7.58. The molecule has 1 N–H and O–H groups in total. The van der Waals surface area contributed by atoms with Gasteiger partial charge in [-0.05, 0) is 38.0 Å². The largest absolute Gasteiger partial charge is 0.465 e. The van der Waals surface area contributed by atoms with Crippen molar-refractivity contribution in [2.45, 2.75) is 37.4 Å². The number of nitrogens with zero attached hydrogens (tertiary/aromatic N) is 2. The van der Waals surface area contributed by atoms with Crippen molar-refractivity contribution < 1.29 is 12.8 Å². The predicted molar refractivity (Wildman–Crippen MR) is 67.8 cm³/mol. The van der Waals surface area contributed by atoms with E-state index in [4.69, 9.17) is 4.42 Å². The zero-order valence-electron chi connectivity index (χ0n) is 10.5. The number of nitrogens with one attached hydrogen (secondary N) is 1. The second-order valence-electron chi connectivity index (χ2n) is 4.71. The number of hydrogen-bond donors (Lipinski definition) is 1. The Bertz CT molecular complexity index is 656. The summed E-state index contributed by atoms with van der Waals surface area (Å²) in [5.41, 5.74) is 0. The van der Waals surface area contributed by atoms with Gasteiger partial charge < -0.3 is 4.42 Å².